The van der Waals surface area contributed by atoms with E-state index in [1.807, 2.05) is 67.6 Å². The van der Waals surface area contributed by atoms with Crippen LogP contribution in [0.5, 0.6) is 0 Å². The van der Waals surface area contributed by atoms with Crippen LogP contribution in [0.4, 0.5) is 0 Å². The highest BCUT2D eigenvalue weighted by molar-refractivity contribution is 7.20. The molecule has 0 atom stereocenters. The third-order valence-electron chi connectivity index (χ3n) is 5.14. The number of fused-ring (bicyclic) bond motifs is 1. The van der Waals surface area contributed by atoms with Crippen molar-refractivity contribution in [1.29, 1.82) is 0 Å². The molecule has 0 spiro atoms. The number of amides is 1. The lowest BCUT2D eigenvalue weighted by molar-refractivity contribution is 0.0946. The second-order valence-electron chi connectivity index (χ2n) is 6.99. The maximum Gasteiger partial charge on any atom is 0.262 e. The Balaban J connectivity index is 1.76. The number of nitrogens with zero attached hydrogens (tertiary/aromatic N) is 2. The van der Waals surface area contributed by atoms with E-state index in [2.05, 4.69) is 10.3 Å². The van der Waals surface area contributed by atoms with E-state index in [1.165, 1.54) is 15.9 Å². The van der Waals surface area contributed by atoms with Crippen LogP contribution in [0.25, 0.3) is 10.2 Å². The number of carbonyl (C=O) groups is 1. The minimum Gasteiger partial charge on any atom is -0.340 e. The summed E-state index contributed by atoms with van der Waals surface area (Å²) in [4.78, 5) is 31.5. The number of carbonyl (C=O) groups excluding carboxylic acids is 1. The SMILES string of the molecule is Cc1c(C(=O)NC(c2ccccc2)c2ccccc2)sc2nc(C)n(C)c(=O)c12. The van der Waals surface area contributed by atoms with E-state index in [9.17, 15) is 9.59 Å². The first-order valence-electron chi connectivity index (χ1n) is 9.35. The predicted octanol–water partition coefficient (Wildman–Crippen LogP) is 4.13. The molecular weight excluding hydrogens is 382 g/mol. The van der Waals surface area contributed by atoms with Crippen LogP contribution in [0.1, 0.15) is 38.2 Å². The molecule has 0 fully saturated rings. The molecule has 0 bridgehead atoms. The van der Waals surface area contributed by atoms with Gasteiger partial charge in [0.25, 0.3) is 11.5 Å². The predicted molar refractivity (Wildman–Crippen MR) is 117 cm³/mol. The highest BCUT2D eigenvalue weighted by Gasteiger charge is 2.23. The molecule has 2 heterocycles. The Kier molecular flexibility index (Phi) is 5.03. The van der Waals surface area contributed by atoms with Crippen LogP contribution >= 0.6 is 11.3 Å². The summed E-state index contributed by atoms with van der Waals surface area (Å²) in [5, 5.41) is 3.67. The molecule has 0 unspecified atom stereocenters. The van der Waals surface area contributed by atoms with Gasteiger partial charge in [0.15, 0.2) is 0 Å². The van der Waals surface area contributed by atoms with E-state index in [4.69, 9.17) is 0 Å². The fourth-order valence-corrected chi connectivity index (χ4v) is 4.55. The van der Waals surface area contributed by atoms with Gasteiger partial charge in [-0.25, -0.2) is 4.98 Å². The molecule has 2 aromatic heterocycles. The molecule has 5 nitrogen and oxygen atoms in total. The van der Waals surface area contributed by atoms with Crippen LogP contribution in [0, 0.1) is 13.8 Å². The molecule has 0 saturated heterocycles. The minimum atomic E-state index is -0.285. The van der Waals surface area contributed by atoms with Crippen LogP contribution in [-0.4, -0.2) is 15.5 Å². The van der Waals surface area contributed by atoms with Crippen LogP contribution in [-0.2, 0) is 7.05 Å². The van der Waals surface area contributed by atoms with Crippen molar-refractivity contribution in [3.63, 3.8) is 0 Å². The summed E-state index contributed by atoms with van der Waals surface area (Å²) in [5.41, 5.74) is 2.55. The fraction of sp³-hybridized carbons (Fsp3) is 0.174. The standard InChI is InChI=1S/C23H21N3O2S/c1-14-18-22(24-15(2)26(3)23(18)28)29-20(14)21(27)25-19(16-10-6-4-7-11-16)17-12-8-5-9-13-17/h4-13,19H,1-3H3,(H,25,27). The zero-order valence-electron chi connectivity index (χ0n) is 16.5. The largest absolute Gasteiger partial charge is 0.340 e. The summed E-state index contributed by atoms with van der Waals surface area (Å²) in [7, 11) is 1.70. The maximum absolute atomic E-state index is 13.2. The average Bonchev–Trinajstić information content (AvgIpc) is 3.07. The molecule has 29 heavy (non-hydrogen) atoms. The van der Waals surface area contributed by atoms with Gasteiger partial charge in [-0.05, 0) is 30.5 Å². The molecule has 4 rings (SSSR count). The quantitative estimate of drug-likeness (QED) is 0.557. The molecule has 0 saturated carbocycles. The lowest BCUT2D eigenvalue weighted by Gasteiger charge is -2.19. The normalized spacial score (nSPS) is 11.2. The fourth-order valence-electron chi connectivity index (χ4n) is 3.43. The van der Waals surface area contributed by atoms with Crippen LogP contribution in [0.3, 0.4) is 0 Å². The van der Waals surface area contributed by atoms with Crippen molar-refractivity contribution in [2.45, 2.75) is 19.9 Å². The Labute approximate surface area is 172 Å². The highest BCUT2D eigenvalue weighted by Crippen LogP contribution is 2.29. The summed E-state index contributed by atoms with van der Waals surface area (Å²) < 4.78 is 1.51. The van der Waals surface area contributed by atoms with Crippen LogP contribution in [0.2, 0.25) is 0 Å². The number of rotatable bonds is 4. The van der Waals surface area contributed by atoms with Crippen molar-refractivity contribution in [3.05, 3.63) is 98.4 Å². The molecule has 0 radical (unpaired) electrons. The summed E-state index contributed by atoms with van der Waals surface area (Å²) in [5.74, 6) is 0.421. The highest BCUT2D eigenvalue weighted by atomic mass is 32.1. The van der Waals surface area contributed by atoms with Gasteiger partial charge in [-0.2, -0.15) is 0 Å². The molecule has 1 amide bonds. The first-order valence-corrected chi connectivity index (χ1v) is 10.2. The molecule has 1 N–H and O–H groups in total. The molecule has 0 aliphatic carbocycles. The smallest absolute Gasteiger partial charge is 0.262 e. The topological polar surface area (TPSA) is 64.0 Å². The number of aryl methyl sites for hydroxylation is 2. The van der Waals surface area contributed by atoms with Gasteiger partial charge >= 0.3 is 0 Å². The Morgan fingerprint density at radius 1 is 1.00 bits per heavy atom. The number of hydrogen-bond acceptors (Lipinski definition) is 4. The Bertz CT molecular complexity index is 1200. The Morgan fingerprint density at radius 3 is 2.10 bits per heavy atom. The Morgan fingerprint density at radius 2 is 1.55 bits per heavy atom. The van der Waals surface area contributed by atoms with E-state index in [-0.39, 0.29) is 17.5 Å². The third kappa shape index (κ3) is 3.47. The molecule has 146 valence electrons. The van der Waals surface area contributed by atoms with Gasteiger partial charge in [0.2, 0.25) is 0 Å². The van der Waals surface area contributed by atoms with E-state index in [0.717, 1.165) is 11.1 Å². The van der Waals surface area contributed by atoms with Gasteiger partial charge in [0, 0.05) is 7.05 Å². The number of benzene rings is 2. The number of hydrogen-bond donors (Lipinski definition) is 1. The molecule has 0 aliphatic rings. The zero-order chi connectivity index (χ0) is 20.5. The summed E-state index contributed by atoms with van der Waals surface area (Å²) in [6, 6.07) is 19.4. The first-order chi connectivity index (χ1) is 14.0. The number of nitrogens with one attached hydrogen (secondary N) is 1. The molecule has 4 aromatic rings. The summed E-state index contributed by atoms with van der Waals surface area (Å²) >= 11 is 1.26. The van der Waals surface area contributed by atoms with Gasteiger partial charge in [-0.3, -0.25) is 14.2 Å². The lowest BCUT2D eigenvalue weighted by atomic mass is 9.98. The van der Waals surface area contributed by atoms with E-state index < -0.39 is 0 Å². The molecule has 0 aliphatic heterocycles. The third-order valence-corrected chi connectivity index (χ3v) is 6.33. The average molecular weight is 404 g/mol. The van der Waals surface area contributed by atoms with Gasteiger partial charge in [-0.1, -0.05) is 60.7 Å². The second kappa shape index (κ2) is 7.64. The first kappa shape index (κ1) is 19.1. The van der Waals surface area contributed by atoms with Crippen LogP contribution in [0.15, 0.2) is 65.5 Å². The van der Waals surface area contributed by atoms with Crippen molar-refractivity contribution in [3.8, 4) is 0 Å². The summed E-state index contributed by atoms with van der Waals surface area (Å²) in [6.07, 6.45) is 0. The van der Waals surface area contributed by atoms with Crippen molar-refractivity contribution in [1.82, 2.24) is 14.9 Å². The maximum atomic E-state index is 13.2. The van der Waals surface area contributed by atoms with Gasteiger partial charge in [0.05, 0.1) is 16.3 Å². The molecule has 6 heteroatoms. The van der Waals surface area contributed by atoms with E-state index >= 15 is 0 Å². The molecule has 2 aromatic carbocycles. The Hall–Kier alpha value is -3.25. The van der Waals surface area contributed by atoms with Gasteiger partial charge < -0.3 is 5.32 Å². The number of aromatic nitrogens is 2. The van der Waals surface area contributed by atoms with Crippen molar-refractivity contribution < 1.29 is 4.79 Å². The zero-order valence-corrected chi connectivity index (χ0v) is 17.3. The number of thiophene rings is 1. The monoisotopic (exact) mass is 403 g/mol. The lowest BCUT2D eigenvalue weighted by Crippen LogP contribution is -2.29. The van der Waals surface area contributed by atoms with Crippen molar-refractivity contribution >= 4 is 27.5 Å². The van der Waals surface area contributed by atoms with E-state index in [1.54, 1.807) is 14.0 Å². The van der Waals surface area contributed by atoms with Gasteiger partial charge in [0.1, 0.15) is 10.7 Å². The molecular formula is C23H21N3O2S. The second-order valence-corrected chi connectivity index (χ2v) is 7.99. The van der Waals surface area contributed by atoms with Crippen molar-refractivity contribution in [2.75, 3.05) is 0 Å². The van der Waals surface area contributed by atoms with Crippen molar-refractivity contribution in [2.24, 2.45) is 7.05 Å². The van der Waals surface area contributed by atoms with Gasteiger partial charge in [-0.15, -0.1) is 11.3 Å². The van der Waals surface area contributed by atoms with E-state index in [0.29, 0.717) is 26.5 Å². The minimum absolute atomic E-state index is 0.122. The summed E-state index contributed by atoms with van der Waals surface area (Å²) in [6.45, 7) is 3.60. The van der Waals surface area contributed by atoms with Crippen LogP contribution < -0.4 is 10.9 Å².